The smallest absolute Gasteiger partial charge is 0.303 e. The van der Waals surface area contributed by atoms with Crippen LogP contribution in [0.4, 0.5) is 8.78 Å². The van der Waals surface area contributed by atoms with Gasteiger partial charge in [0, 0.05) is 31.1 Å². The van der Waals surface area contributed by atoms with Gasteiger partial charge in [-0.1, -0.05) is 45.4 Å². The molecule has 35 heavy (non-hydrogen) atoms. The number of hydrogen-bond acceptors (Lipinski definition) is 2. The van der Waals surface area contributed by atoms with Crippen LogP contribution in [0.15, 0.2) is 12.1 Å². The van der Waals surface area contributed by atoms with Gasteiger partial charge >= 0.3 is 5.97 Å². The van der Waals surface area contributed by atoms with E-state index >= 15 is 0 Å². The first-order valence-corrected chi connectivity index (χ1v) is 14.4. The van der Waals surface area contributed by atoms with Crippen molar-refractivity contribution in [3.05, 3.63) is 34.9 Å². The molecule has 3 aliphatic carbocycles. The second-order valence-electron chi connectivity index (χ2n) is 11.7. The van der Waals surface area contributed by atoms with Gasteiger partial charge in [-0.3, -0.25) is 9.69 Å². The molecule has 3 fully saturated rings. The van der Waals surface area contributed by atoms with Crippen LogP contribution >= 0.6 is 0 Å². The Balaban J connectivity index is 1.62. The predicted molar refractivity (Wildman–Crippen MR) is 137 cm³/mol. The van der Waals surface area contributed by atoms with Gasteiger partial charge < -0.3 is 5.11 Å². The lowest BCUT2D eigenvalue weighted by Gasteiger charge is -2.46. The van der Waals surface area contributed by atoms with E-state index in [0.29, 0.717) is 24.7 Å². The molecule has 1 aromatic carbocycles. The molecule has 5 heteroatoms. The number of hydrogen-bond donors (Lipinski definition) is 1. The zero-order chi connectivity index (χ0) is 24.8. The number of rotatable bonds is 9. The van der Waals surface area contributed by atoms with E-state index in [4.69, 9.17) is 0 Å². The molecule has 3 atom stereocenters. The van der Waals surface area contributed by atoms with Crippen molar-refractivity contribution in [3.63, 3.8) is 0 Å². The third kappa shape index (κ3) is 7.05. The second-order valence-corrected chi connectivity index (χ2v) is 11.7. The van der Waals surface area contributed by atoms with Gasteiger partial charge in [0.05, 0.1) is 0 Å². The van der Waals surface area contributed by atoms with Crippen LogP contribution in [0.25, 0.3) is 0 Å². The third-order valence-electron chi connectivity index (χ3n) is 9.23. The molecular formula is C30H45F2NO2. The Bertz CT molecular complexity index is 789. The highest BCUT2D eigenvalue weighted by molar-refractivity contribution is 5.67. The van der Waals surface area contributed by atoms with Gasteiger partial charge in [-0.05, 0) is 92.7 Å². The number of nitrogens with zero attached hydrogens (tertiary/aromatic N) is 1. The van der Waals surface area contributed by atoms with Gasteiger partial charge in [0.25, 0.3) is 0 Å². The Morgan fingerprint density at radius 1 is 0.857 bits per heavy atom. The molecule has 0 amide bonds. The van der Waals surface area contributed by atoms with Crippen LogP contribution in [0.2, 0.25) is 0 Å². The van der Waals surface area contributed by atoms with Crippen LogP contribution in [0, 0.1) is 29.4 Å². The number of carboxylic acids is 1. The number of halogens is 2. The van der Waals surface area contributed by atoms with Crippen molar-refractivity contribution in [1.82, 2.24) is 4.90 Å². The summed E-state index contributed by atoms with van der Waals surface area (Å²) in [5, 5.41) is 9.46. The molecule has 3 aliphatic rings. The van der Waals surface area contributed by atoms with Crippen molar-refractivity contribution >= 4 is 5.97 Å². The fraction of sp³-hybridized carbons (Fsp3) is 0.767. The van der Waals surface area contributed by atoms with Gasteiger partial charge in [-0.25, -0.2) is 8.78 Å². The number of aliphatic carboxylic acids is 1. The summed E-state index contributed by atoms with van der Waals surface area (Å²) in [6.07, 6.45) is 16.1. The topological polar surface area (TPSA) is 40.5 Å². The van der Waals surface area contributed by atoms with Crippen molar-refractivity contribution in [2.45, 2.75) is 115 Å². The van der Waals surface area contributed by atoms with Crippen LogP contribution < -0.4 is 0 Å². The largest absolute Gasteiger partial charge is 0.481 e. The molecule has 4 rings (SSSR count). The predicted octanol–water partition coefficient (Wildman–Crippen LogP) is 7.72. The lowest BCUT2D eigenvalue weighted by molar-refractivity contribution is -0.138. The zero-order valence-corrected chi connectivity index (χ0v) is 21.6. The molecule has 196 valence electrons. The van der Waals surface area contributed by atoms with Crippen molar-refractivity contribution in [1.29, 1.82) is 0 Å². The summed E-state index contributed by atoms with van der Waals surface area (Å²) < 4.78 is 29.8. The molecule has 1 N–H and O–H groups in total. The molecule has 0 spiro atoms. The number of carbonyl (C=O) groups is 1. The molecule has 0 aliphatic heterocycles. The molecule has 0 radical (unpaired) electrons. The van der Waals surface area contributed by atoms with E-state index < -0.39 is 17.6 Å². The molecule has 0 bridgehead atoms. The normalized spacial score (nSPS) is 26.8. The third-order valence-corrected chi connectivity index (χ3v) is 9.23. The van der Waals surface area contributed by atoms with Gasteiger partial charge in [0.1, 0.15) is 11.6 Å². The average Bonchev–Trinajstić information content (AvgIpc) is 2.84. The minimum atomic E-state index is -0.771. The summed E-state index contributed by atoms with van der Waals surface area (Å²) in [7, 11) is 0. The van der Waals surface area contributed by atoms with E-state index in [1.54, 1.807) is 19.1 Å². The van der Waals surface area contributed by atoms with Crippen molar-refractivity contribution < 1.29 is 18.7 Å². The van der Waals surface area contributed by atoms with Gasteiger partial charge in [-0.15, -0.1) is 0 Å². The quantitative estimate of drug-likeness (QED) is 0.386. The standard InChI is InChI=1S/C30H45F2NO2/c1-2-25-27(31)17-24(18-28(25)32)26-15-23(16-30(34)35)13-14-29(26)33(19-21-9-5-3-6-10-21)20-22-11-7-4-8-12-22/h17-18,21-23,26,29H,2-16,19-20H2,1H3,(H,34,35). The summed E-state index contributed by atoms with van der Waals surface area (Å²) in [5.41, 5.74) is 0.888. The zero-order valence-electron chi connectivity index (χ0n) is 21.6. The summed E-state index contributed by atoms with van der Waals surface area (Å²) >= 11 is 0. The molecule has 3 nitrogen and oxygen atoms in total. The number of carboxylic acid groups (broad SMARTS) is 1. The molecular weight excluding hydrogens is 444 g/mol. The maximum Gasteiger partial charge on any atom is 0.303 e. The van der Waals surface area contributed by atoms with E-state index in [9.17, 15) is 18.7 Å². The molecule has 0 aromatic heterocycles. The lowest BCUT2D eigenvalue weighted by Crippen LogP contribution is -2.47. The molecule has 0 heterocycles. The summed E-state index contributed by atoms with van der Waals surface area (Å²) in [4.78, 5) is 14.2. The first-order valence-electron chi connectivity index (χ1n) is 14.4. The Morgan fingerprint density at radius 2 is 1.40 bits per heavy atom. The Labute approximate surface area is 210 Å². The summed E-state index contributed by atoms with van der Waals surface area (Å²) in [6.45, 7) is 3.95. The van der Waals surface area contributed by atoms with E-state index in [1.807, 2.05) is 0 Å². The minimum absolute atomic E-state index is 0.0183. The maximum absolute atomic E-state index is 14.9. The van der Waals surface area contributed by atoms with Crippen LogP contribution in [0.5, 0.6) is 0 Å². The fourth-order valence-corrected chi connectivity index (χ4v) is 7.39. The SMILES string of the molecule is CCc1c(F)cc(C2CC(CC(=O)O)CCC2N(CC2CCCCC2)CC2CCCCC2)cc1F. The van der Waals surface area contributed by atoms with Gasteiger partial charge in [0.15, 0.2) is 0 Å². The molecule has 0 saturated heterocycles. The first kappa shape index (κ1) is 26.6. The molecule has 3 saturated carbocycles. The number of benzene rings is 1. The fourth-order valence-electron chi connectivity index (χ4n) is 7.39. The highest BCUT2D eigenvalue weighted by Crippen LogP contribution is 2.43. The van der Waals surface area contributed by atoms with Crippen LogP contribution in [0.1, 0.15) is 114 Å². The van der Waals surface area contributed by atoms with E-state index in [1.165, 1.54) is 64.2 Å². The first-order chi connectivity index (χ1) is 16.9. The monoisotopic (exact) mass is 489 g/mol. The van der Waals surface area contributed by atoms with Gasteiger partial charge in [0.2, 0.25) is 0 Å². The van der Waals surface area contributed by atoms with Crippen molar-refractivity contribution in [2.75, 3.05) is 13.1 Å². The van der Waals surface area contributed by atoms with Crippen LogP contribution in [0.3, 0.4) is 0 Å². The summed E-state index contributed by atoms with van der Waals surface area (Å²) in [5.74, 6) is -0.207. The maximum atomic E-state index is 14.9. The van der Waals surface area contributed by atoms with Crippen molar-refractivity contribution in [3.8, 4) is 0 Å². The summed E-state index contributed by atoms with van der Waals surface area (Å²) in [6, 6.07) is 3.35. The Kier molecular flexibility index (Phi) is 9.60. The lowest BCUT2D eigenvalue weighted by atomic mass is 9.72. The minimum Gasteiger partial charge on any atom is -0.481 e. The highest BCUT2D eigenvalue weighted by Gasteiger charge is 2.38. The Morgan fingerprint density at radius 3 is 1.89 bits per heavy atom. The van der Waals surface area contributed by atoms with Crippen LogP contribution in [-0.2, 0) is 11.2 Å². The Hall–Kier alpha value is -1.49. The van der Waals surface area contributed by atoms with Gasteiger partial charge in [-0.2, -0.15) is 0 Å². The molecule has 1 aromatic rings. The van der Waals surface area contributed by atoms with E-state index in [0.717, 1.165) is 31.5 Å². The second kappa shape index (κ2) is 12.7. The van der Waals surface area contributed by atoms with Crippen molar-refractivity contribution in [2.24, 2.45) is 17.8 Å². The van der Waals surface area contributed by atoms with E-state index in [-0.39, 0.29) is 29.9 Å². The highest BCUT2D eigenvalue weighted by atomic mass is 19.1. The van der Waals surface area contributed by atoms with Crippen LogP contribution in [-0.4, -0.2) is 35.1 Å². The average molecular weight is 490 g/mol. The van der Waals surface area contributed by atoms with E-state index in [2.05, 4.69) is 4.90 Å². The molecule has 3 unspecified atom stereocenters.